The van der Waals surface area contributed by atoms with Gasteiger partial charge in [0.05, 0.1) is 7.11 Å². The van der Waals surface area contributed by atoms with Crippen LogP contribution in [0.1, 0.15) is 0 Å². The molecule has 1 amide bonds. The van der Waals surface area contributed by atoms with Gasteiger partial charge in [0, 0.05) is 18.9 Å². The molecule has 0 saturated carbocycles. The highest BCUT2D eigenvalue weighted by Crippen LogP contribution is 2.32. The van der Waals surface area contributed by atoms with Gasteiger partial charge in [0.15, 0.2) is 12.1 Å². The summed E-state index contributed by atoms with van der Waals surface area (Å²) < 4.78 is 9.92. The molecule has 96 valence electrons. The molecule has 1 aromatic rings. The first-order chi connectivity index (χ1) is 8.60. The van der Waals surface area contributed by atoms with E-state index in [0.717, 1.165) is 0 Å². The summed E-state index contributed by atoms with van der Waals surface area (Å²) in [6.07, 6.45) is -0.922. The molecule has 0 radical (unpaired) electrons. The van der Waals surface area contributed by atoms with Gasteiger partial charge in [0.2, 0.25) is 0 Å². The highest BCUT2D eigenvalue weighted by molar-refractivity contribution is 6.12. The lowest BCUT2D eigenvalue weighted by Gasteiger charge is -2.43. The molecule has 1 N–H and O–H groups in total. The Morgan fingerprint density at radius 2 is 2.11 bits per heavy atom. The van der Waals surface area contributed by atoms with Crippen LogP contribution in [0.25, 0.3) is 0 Å². The molecule has 0 spiro atoms. The van der Waals surface area contributed by atoms with E-state index in [-0.39, 0.29) is 5.91 Å². The average Bonchev–Trinajstić information content (AvgIpc) is 2.36. The SMILES string of the molecule is COc1cccc(N2C(=O)[C@@H](OC)[C@H]2C(=O)O)c1. The van der Waals surface area contributed by atoms with E-state index in [9.17, 15) is 9.59 Å². The molecule has 1 saturated heterocycles. The monoisotopic (exact) mass is 251 g/mol. The van der Waals surface area contributed by atoms with Gasteiger partial charge in [0.25, 0.3) is 5.91 Å². The maximum atomic E-state index is 11.8. The summed E-state index contributed by atoms with van der Waals surface area (Å²) in [5.74, 6) is -0.896. The summed E-state index contributed by atoms with van der Waals surface area (Å²) >= 11 is 0. The van der Waals surface area contributed by atoms with Crippen LogP contribution in [0.3, 0.4) is 0 Å². The zero-order valence-corrected chi connectivity index (χ0v) is 9.99. The topological polar surface area (TPSA) is 76.1 Å². The molecule has 0 aromatic heterocycles. The summed E-state index contributed by atoms with van der Waals surface area (Å²) in [5, 5.41) is 9.11. The average molecular weight is 251 g/mol. The van der Waals surface area contributed by atoms with Crippen molar-refractivity contribution in [3.63, 3.8) is 0 Å². The second kappa shape index (κ2) is 4.66. The van der Waals surface area contributed by atoms with Crippen LogP contribution < -0.4 is 9.64 Å². The molecule has 1 aliphatic rings. The van der Waals surface area contributed by atoms with Crippen LogP contribution in [0.4, 0.5) is 5.69 Å². The van der Waals surface area contributed by atoms with E-state index in [0.29, 0.717) is 11.4 Å². The number of amides is 1. The number of benzene rings is 1. The van der Waals surface area contributed by atoms with Crippen molar-refractivity contribution in [2.45, 2.75) is 12.1 Å². The quantitative estimate of drug-likeness (QED) is 0.789. The number of ether oxygens (including phenoxy) is 2. The van der Waals surface area contributed by atoms with Crippen molar-refractivity contribution in [3.05, 3.63) is 24.3 Å². The molecular weight excluding hydrogens is 238 g/mol. The smallest absolute Gasteiger partial charge is 0.330 e. The molecule has 0 unspecified atom stereocenters. The van der Waals surface area contributed by atoms with Crippen LogP contribution in [0.15, 0.2) is 24.3 Å². The van der Waals surface area contributed by atoms with Crippen molar-refractivity contribution in [2.75, 3.05) is 19.1 Å². The minimum Gasteiger partial charge on any atom is -0.497 e. The molecule has 1 aliphatic heterocycles. The lowest BCUT2D eigenvalue weighted by atomic mass is 9.96. The molecule has 6 heteroatoms. The molecule has 2 atom stereocenters. The standard InChI is InChI=1S/C12H13NO5/c1-17-8-5-3-4-7(6-8)13-9(12(15)16)10(18-2)11(13)14/h3-6,9-10H,1-2H3,(H,15,16)/t9-,10-/m0/s1. The van der Waals surface area contributed by atoms with Crippen LogP contribution in [0.2, 0.25) is 0 Å². The number of aliphatic carboxylic acids is 1. The maximum Gasteiger partial charge on any atom is 0.330 e. The van der Waals surface area contributed by atoms with Crippen molar-refractivity contribution in [1.82, 2.24) is 0 Å². The highest BCUT2D eigenvalue weighted by Gasteiger charge is 2.53. The second-order valence-corrected chi connectivity index (χ2v) is 3.85. The fraction of sp³-hybridized carbons (Fsp3) is 0.333. The lowest BCUT2D eigenvalue weighted by molar-refractivity contribution is -0.155. The van der Waals surface area contributed by atoms with Crippen LogP contribution in [-0.4, -0.2) is 43.3 Å². The fourth-order valence-corrected chi connectivity index (χ4v) is 1.98. The van der Waals surface area contributed by atoms with Gasteiger partial charge in [-0.25, -0.2) is 4.79 Å². The van der Waals surface area contributed by atoms with Crippen molar-refractivity contribution < 1.29 is 24.2 Å². The first-order valence-corrected chi connectivity index (χ1v) is 5.33. The third-order valence-electron chi connectivity index (χ3n) is 2.88. The molecular formula is C12H13NO5. The Balaban J connectivity index is 2.31. The summed E-state index contributed by atoms with van der Waals surface area (Å²) in [7, 11) is 2.82. The fourth-order valence-electron chi connectivity index (χ4n) is 1.98. The van der Waals surface area contributed by atoms with E-state index >= 15 is 0 Å². The van der Waals surface area contributed by atoms with Crippen LogP contribution in [-0.2, 0) is 14.3 Å². The Kier molecular flexibility index (Phi) is 3.20. The third kappa shape index (κ3) is 1.80. The van der Waals surface area contributed by atoms with Crippen molar-refractivity contribution in [3.8, 4) is 5.75 Å². The van der Waals surface area contributed by atoms with Gasteiger partial charge in [-0.1, -0.05) is 6.07 Å². The molecule has 18 heavy (non-hydrogen) atoms. The van der Waals surface area contributed by atoms with E-state index in [1.165, 1.54) is 19.1 Å². The summed E-state index contributed by atoms with van der Waals surface area (Å²) in [6, 6.07) is 5.69. The molecule has 2 rings (SSSR count). The predicted octanol–water partition coefficient (Wildman–Crippen LogP) is 0.510. The number of hydrogen-bond donors (Lipinski definition) is 1. The number of carboxylic acids is 1. The van der Waals surface area contributed by atoms with E-state index in [4.69, 9.17) is 14.6 Å². The minimum absolute atomic E-state index is 0.363. The van der Waals surface area contributed by atoms with E-state index in [1.807, 2.05) is 0 Å². The summed E-state index contributed by atoms with van der Waals surface area (Å²) in [6.45, 7) is 0. The van der Waals surface area contributed by atoms with Gasteiger partial charge in [-0.2, -0.15) is 0 Å². The zero-order valence-electron chi connectivity index (χ0n) is 9.99. The first-order valence-electron chi connectivity index (χ1n) is 5.33. The second-order valence-electron chi connectivity index (χ2n) is 3.85. The van der Waals surface area contributed by atoms with Crippen molar-refractivity contribution in [1.29, 1.82) is 0 Å². The van der Waals surface area contributed by atoms with Gasteiger partial charge >= 0.3 is 5.97 Å². The van der Waals surface area contributed by atoms with Gasteiger partial charge in [-0.05, 0) is 12.1 Å². The molecule has 1 heterocycles. The Hall–Kier alpha value is -2.08. The summed E-state index contributed by atoms with van der Waals surface area (Å²) in [5.41, 5.74) is 0.486. The van der Waals surface area contributed by atoms with E-state index in [1.54, 1.807) is 24.3 Å². The van der Waals surface area contributed by atoms with Gasteiger partial charge < -0.3 is 14.6 Å². The van der Waals surface area contributed by atoms with Gasteiger partial charge in [-0.3, -0.25) is 9.69 Å². The Morgan fingerprint density at radius 1 is 1.39 bits per heavy atom. The molecule has 6 nitrogen and oxygen atoms in total. The predicted molar refractivity (Wildman–Crippen MR) is 62.7 cm³/mol. The number of carbonyl (C=O) groups excluding carboxylic acids is 1. The Labute approximate surface area is 104 Å². The third-order valence-corrected chi connectivity index (χ3v) is 2.88. The number of hydrogen-bond acceptors (Lipinski definition) is 4. The number of carbonyl (C=O) groups is 2. The minimum atomic E-state index is -1.09. The number of methoxy groups -OCH3 is 2. The van der Waals surface area contributed by atoms with Crippen LogP contribution in [0.5, 0.6) is 5.75 Å². The van der Waals surface area contributed by atoms with Crippen LogP contribution in [0, 0.1) is 0 Å². The number of β-lactam (4-membered cyclic amide) rings is 1. The molecule has 0 aliphatic carbocycles. The number of carboxylic acid groups (broad SMARTS) is 1. The Bertz CT molecular complexity index is 487. The van der Waals surface area contributed by atoms with E-state index in [2.05, 4.69) is 0 Å². The first kappa shape index (κ1) is 12.4. The van der Waals surface area contributed by atoms with Crippen molar-refractivity contribution >= 4 is 17.6 Å². The van der Waals surface area contributed by atoms with Crippen molar-refractivity contribution in [2.24, 2.45) is 0 Å². The number of anilines is 1. The molecule has 0 bridgehead atoms. The lowest BCUT2D eigenvalue weighted by Crippen LogP contribution is -2.69. The summed E-state index contributed by atoms with van der Waals surface area (Å²) in [4.78, 5) is 24.1. The maximum absolute atomic E-state index is 11.8. The Morgan fingerprint density at radius 3 is 2.67 bits per heavy atom. The largest absolute Gasteiger partial charge is 0.497 e. The van der Waals surface area contributed by atoms with Crippen LogP contribution >= 0.6 is 0 Å². The highest BCUT2D eigenvalue weighted by atomic mass is 16.5. The van der Waals surface area contributed by atoms with E-state index < -0.39 is 18.1 Å². The van der Waals surface area contributed by atoms with Gasteiger partial charge in [-0.15, -0.1) is 0 Å². The zero-order chi connectivity index (χ0) is 13.3. The number of rotatable bonds is 4. The molecule has 1 aromatic carbocycles. The normalized spacial score (nSPS) is 22.6. The molecule has 1 fully saturated rings. The van der Waals surface area contributed by atoms with Gasteiger partial charge in [0.1, 0.15) is 5.75 Å². The number of nitrogens with zero attached hydrogens (tertiary/aromatic N) is 1.